The molecule has 0 aliphatic carbocycles. The van der Waals surface area contributed by atoms with Gasteiger partial charge in [-0.3, -0.25) is 19.6 Å². The maximum atomic E-state index is 12.8. The van der Waals surface area contributed by atoms with Gasteiger partial charge >= 0.3 is 12.2 Å². The normalized spacial score (nSPS) is 19.7. The van der Waals surface area contributed by atoms with Crippen molar-refractivity contribution in [1.82, 2.24) is 19.8 Å². The number of imidazole rings is 1. The number of carbonyl (C=O) groups is 3. The lowest BCUT2D eigenvalue weighted by molar-refractivity contribution is 0.0216. The molecule has 252 valence electrons. The molecule has 2 amide bonds. The summed E-state index contributed by atoms with van der Waals surface area (Å²) in [6.45, 7) is 12.5. The van der Waals surface area contributed by atoms with Crippen molar-refractivity contribution < 1.29 is 23.9 Å². The molecule has 2 saturated heterocycles. The Balaban J connectivity index is 1.12. The number of benzene rings is 2. The minimum atomic E-state index is -0.557. The van der Waals surface area contributed by atoms with Crippen LogP contribution in [0, 0.1) is 0 Å². The van der Waals surface area contributed by atoms with Crippen LogP contribution in [0.25, 0.3) is 28.0 Å². The van der Waals surface area contributed by atoms with Gasteiger partial charge in [0.2, 0.25) is 0 Å². The highest BCUT2D eigenvalue weighted by atomic mass is 16.6. The molecule has 3 aliphatic heterocycles. The number of hydrogen-bond acceptors (Lipinski definition) is 7. The van der Waals surface area contributed by atoms with Crippen molar-refractivity contribution >= 4 is 29.8 Å². The van der Waals surface area contributed by atoms with Gasteiger partial charge in [-0.15, -0.1) is 0 Å². The molecule has 0 radical (unpaired) electrons. The fourth-order valence-corrected chi connectivity index (χ4v) is 6.67. The lowest BCUT2D eigenvalue weighted by Gasteiger charge is -2.28. The lowest BCUT2D eigenvalue weighted by Crippen LogP contribution is -2.43. The van der Waals surface area contributed by atoms with E-state index in [1.807, 2.05) is 90.2 Å². The first kappa shape index (κ1) is 33.2. The number of aromatic nitrogens is 2. The van der Waals surface area contributed by atoms with Crippen LogP contribution in [0.1, 0.15) is 101 Å². The third-order valence-electron chi connectivity index (χ3n) is 8.87. The molecule has 0 saturated carbocycles. The Hall–Kier alpha value is -4.73. The van der Waals surface area contributed by atoms with Crippen LogP contribution in [0.15, 0.2) is 59.9 Å². The Kier molecular flexibility index (Phi) is 9.02. The molecule has 1 aromatic heterocycles. The summed E-state index contributed by atoms with van der Waals surface area (Å²) in [5.41, 5.74) is 5.98. The molecule has 1 N–H and O–H groups in total. The molecule has 10 heteroatoms. The second-order valence-electron chi connectivity index (χ2n) is 14.8. The molecule has 4 heterocycles. The van der Waals surface area contributed by atoms with Crippen molar-refractivity contribution in [3.8, 4) is 22.4 Å². The molecule has 0 spiro atoms. The van der Waals surface area contributed by atoms with Crippen molar-refractivity contribution in [2.75, 3.05) is 13.1 Å². The zero-order chi connectivity index (χ0) is 34.2. The molecule has 0 unspecified atom stereocenters. The number of aromatic amines is 1. The van der Waals surface area contributed by atoms with E-state index in [1.54, 1.807) is 16.0 Å². The molecule has 2 atom stereocenters. The monoisotopic (exact) mass is 651 g/mol. The number of H-pyrrole nitrogens is 1. The van der Waals surface area contributed by atoms with Crippen LogP contribution in [0.2, 0.25) is 0 Å². The van der Waals surface area contributed by atoms with Crippen molar-refractivity contribution in [3.05, 3.63) is 71.8 Å². The standard InChI is InChI=1S/C38H45N5O5/c1-37(2,3)47-35(45)42-17-7-9-32(42)30-20-27(21-39-30)26-15-16-29(28(19-26)23-44)24-11-13-25(14-12-24)31-22-40-34(41-31)33-10-8-18-43(33)36(46)48-38(4,5)6/h11-16,19,21-23,32-33H,7-10,17-18,20H2,1-6H3,(H,40,41)/t32-,33-/m0/s1. The molecule has 3 aromatic rings. The van der Waals surface area contributed by atoms with Gasteiger partial charge in [-0.25, -0.2) is 14.6 Å². The average molecular weight is 652 g/mol. The van der Waals surface area contributed by atoms with Crippen molar-refractivity contribution in [2.45, 2.75) is 96.9 Å². The highest BCUT2D eigenvalue weighted by Crippen LogP contribution is 2.35. The fraction of sp³-hybridized carbons (Fsp3) is 0.447. The maximum Gasteiger partial charge on any atom is 0.410 e. The Morgan fingerprint density at radius 1 is 0.833 bits per heavy atom. The summed E-state index contributed by atoms with van der Waals surface area (Å²) in [7, 11) is 0. The Morgan fingerprint density at radius 2 is 1.42 bits per heavy atom. The highest BCUT2D eigenvalue weighted by molar-refractivity contribution is 6.03. The topological polar surface area (TPSA) is 117 Å². The number of nitrogens with zero attached hydrogens (tertiary/aromatic N) is 4. The summed E-state index contributed by atoms with van der Waals surface area (Å²) in [5, 5.41) is 0. The van der Waals surface area contributed by atoms with Crippen LogP contribution in [-0.4, -0.2) is 74.3 Å². The van der Waals surface area contributed by atoms with Crippen LogP contribution < -0.4 is 0 Å². The maximum absolute atomic E-state index is 12.8. The first-order valence-corrected chi connectivity index (χ1v) is 16.8. The third kappa shape index (κ3) is 7.22. The van der Waals surface area contributed by atoms with E-state index in [4.69, 9.17) is 14.5 Å². The van der Waals surface area contributed by atoms with Gasteiger partial charge in [-0.2, -0.15) is 0 Å². The largest absolute Gasteiger partial charge is 0.444 e. The van der Waals surface area contributed by atoms with Gasteiger partial charge in [-0.05, 0) is 101 Å². The smallest absolute Gasteiger partial charge is 0.410 e. The number of rotatable bonds is 6. The molecule has 0 bridgehead atoms. The van der Waals surface area contributed by atoms with Crippen LogP contribution >= 0.6 is 0 Å². The molecule has 2 aromatic carbocycles. The number of aliphatic imine (C=N–C) groups is 1. The summed E-state index contributed by atoms with van der Waals surface area (Å²) in [6.07, 6.45) is 8.04. The van der Waals surface area contributed by atoms with Crippen LogP contribution in [0.4, 0.5) is 9.59 Å². The Bertz CT molecular complexity index is 1760. The lowest BCUT2D eigenvalue weighted by atomic mass is 9.93. The predicted octanol–water partition coefficient (Wildman–Crippen LogP) is 8.21. The zero-order valence-electron chi connectivity index (χ0n) is 28.7. The number of aldehydes is 1. The van der Waals surface area contributed by atoms with Crippen LogP contribution in [-0.2, 0) is 9.47 Å². The van der Waals surface area contributed by atoms with Gasteiger partial charge in [0.15, 0.2) is 6.29 Å². The quantitative estimate of drug-likeness (QED) is 0.269. The number of carbonyl (C=O) groups excluding carboxylic acids is 3. The van der Waals surface area contributed by atoms with E-state index in [0.29, 0.717) is 25.1 Å². The first-order chi connectivity index (χ1) is 22.8. The molecule has 3 aliphatic rings. The number of allylic oxidation sites excluding steroid dienone is 1. The van der Waals surface area contributed by atoms with Gasteiger partial charge in [0.25, 0.3) is 0 Å². The van der Waals surface area contributed by atoms with Crippen LogP contribution in [0.5, 0.6) is 0 Å². The molecule has 2 fully saturated rings. The molecule has 48 heavy (non-hydrogen) atoms. The van der Waals surface area contributed by atoms with E-state index in [2.05, 4.69) is 9.97 Å². The van der Waals surface area contributed by atoms with Gasteiger partial charge in [0.05, 0.1) is 24.0 Å². The summed E-state index contributed by atoms with van der Waals surface area (Å²) >= 11 is 0. The fourth-order valence-electron chi connectivity index (χ4n) is 6.67. The van der Waals surface area contributed by atoms with Crippen molar-refractivity contribution in [1.29, 1.82) is 0 Å². The van der Waals surface area contributed by atoms with Gasteiger partial charge in [0, 0.05) is 37.0 Å². The van der Waals surface area contributed by atoms with E-state index < -0.39 is 11.2 Å². The van der Waals surface area contributed by atoms with Gasteiger partial charge in [0.1, 0.15) is 17.0 Å². The summed E-state index contributed by atoms with van der Waals surface area (Å²) in [5.74, 6) is 0.745. The summed E-state index contributed by atoms with van der Waals surface area (Å²) in [6, 6.07) is 13.7. The number of nitrogens with one attached hydrogen (secondary N) is 1. The van der Waals surface area contributed by atoms with E-state index in [0.717, 1.165) is 77.0 Å². The molecule has 10 nitrogen and oxygen atoms in total. The Labute approximate surface area is 282 Å². The summed E-state index contributed by atoms with van der Waals surface area (Å²) < 4.78 is 11.3. The zero-order valence-corrected chi connectivity index (χ0v) is 28.7. The summed E-state index contributed by atoms with van der Waals surface area (Å²) in [4.78, 5) is 54.2. The van der Waals surface area contributed by atoms with E-state index >= 15 is 0 Å². The van der Waals surface area contributed by atoms with Crippen molar-refractivity contribution in [2.24, 2.45) is 4.99 Å². The number of amides is 2. The molecular weight excluding hydrogens is 606 g/mol. The first-order valence-electron chi connectivity index (χ1n) is 16.8. The van der Waals surface area contributed by atoms with E-state index in [9.17, 15) is 14.4 Å². The van der Waals surface area contributed by atoms with Gasteiger partial charge in [-0.1, -0.05) is 36.4 Å². The average Bonchev–Trinajstić information content (AvgIpc) is 3.85. The minimum absolute atomic E-state index is 0.0787. The van der Waals surface area contributed by atoms with E-state index in [1.165, 1.54) is 0 Å². The highest BCUT2D eigenvalue weighted by Gasteiger charge is 2.37. The second kappa shape index (κ2) is 13.1. The molecular formula is C38H45N5O5. The van der Waals surface area contributed by atoms with Gasteiger partial charge < -0.3 is 14.5 Å². The second-order valence-corrected chi connectivity index (χ2v) is 14.8. The Morgan fingerprint density at radius 3 is 2.04 bits per heavy atom. The SMILES string of the molecule is CC(C)(C)OC(=O)N1CCC[C@H]1C1=NC=C(c2ccc(-c3ccc(-c4cnc([C@@H]5CCCN5C(=O)OC(C)(C)C)[nH]4)cc3)c(C=O)c2)C1. The predicted molar refractivity (Wildman–Crippen MR) is 186 cm³/mol. The van der Waals surface area contributed by atoms with Crippen LogP contribution in [0.3, 0.4) is 0 Å². The van der Waals surface area contributed by atoms with E-state index in [-0.39, 0.29) is 24.3 Å². The number of ether oxygens (including phenoxy) is 2. The minimum Gasteiger partial charge on any atom is -0.444 e. The number of hydrogen-bond donors (Lipinski definition) is 1. The molecule has 6 rings (SSSR count). The number of likely N-dealkylation sites (tertiary alicyclic amines) is 2. The van der Waals surface area contributed by atoms with Crippen molar-refractivity contribution in [3.63, 3.8) is 0 Å². The third-order valence-corrected chi connectivity index (χ3v) is 8.87.